The number of halogens is 1. The molecule has 0 aliphatic carbocycles. The van der Waals surface area contributed by atoms with Gasteiger partial charge in [-0.05, 0) is 101 Å². The van der Waals surface area contributed by atoms with Gasteiger partial charge in [-0.2, -0.15) is 8.42 Å². The van der Waals surface area contributed by atoms with Crippen molar-refractivity contribution in [2.45, 2.75) is 161 Å². The van der Waals surface area contributed by atoms with E-state index >= 15 is 0 Å². The number of unbranched alkanes of at least 4 members (excludes halogenated alkanes) is 17. The summed E-state index contributed by atoms with van der Waals surface area (Å²) in [7, 11) is -4.43. The zero-order valence-corrected chi connectivity index (χ0v) is 32.6. The Morgan fingerprint density at radius 2 is 1.00 bits per heavy atom. The van der Waals surface area contributed by atoms with Crippen LogP contribution in [0.15, 0.2) is 59.5 Å². The molecule has 0 aromatic heterocycles. The Balaban J connectivity index is 1.70. The number of hydrogen-bond acceptors (Lipinski definition) is 2. The predicted molar refractivity (Wildman–Crippen MR) is 211 cm³/mol. The third kappa shape index (κ3) is 14.0. The second kappa shape index (κ2) is 22.1. The van der Waals surface area contributed by atoms with Gasteiger partial charge in [0.25, 0.3) is 10.1 Å². The van der Waals surface area contributed by atoms with Crippen molar-refractivity contribution in [3.8, 4) is 22.3 Å². The van der Waals surface area contributed by atoms with Gasteiger partial charge >= 0.3 is 0 Å². The highest BCUT2D eigenvalue weighted by molar-refractivity contribution is 14.1. The molecule has 0 atom stereocenters. The van der Waals surface area contributed by atoms with Gasteiger partial charge in [0, 0.05) is 9.13 Å². The number of rotatable bonds is 24. The lowest BCUT2D eigenvalue weighted by Crippen LogP contribution is -2.04. The van der Waals surface area contributed by atoms with Crippen LogP contribution in [-0.4, -0.2) is 13.0 Å². The summed E-state index contributed by atoms with van der Waals surface area (Å²) in [4.78, 5) is -0.0273. The average Bonchev–Trinajstić information content (AvgIpc) is 3.05. The normalized spacial score (nSPS) is 11.8. The first-order chi connectivity index (χ1) is 22.8. The van der Waals surface area contributed by atoms with Crippen LogP contribution in [-0.2, 0) is 23.0 Å². The summed E-state index contributed by atoms with van der Waals surface area (Å²) in [5.41, 5.74) is 6.89. The average molecular weight is 773 g/mol. The molecular formula is C42H61IO3S. The molecule has 0 bridgehead atoms. The lowest BCUT2D eigenvalue weighted by Gasteiger charge is -2.19. The maximum Gasteiger partial charge on any atom is 0.295 e. The van der Waals surface area contributed by atoms with E-state index in [0.717, 1.165) is 45.1 Å². The van der Waals surface area contributed by atoms with Crippen molar-refractivity contribution in [2.24, 2.45) is 0 Å². The van der Waals surface area contributed by atoms with Crippen molar-refractivity contribution in [3.63, 3.8) is 0 Å². The standard InChI is InChI=1S/C42H61IO3S/c1-4-6-8-10-12-14-15-16-18-20-22-24-36-28-31-39(43)38(33-36)41-34(3)25-32-40(47(44,45)46)42(41)37-29-26-35(27-30-37)23-21-19-17-13-11-9-7-5-2/h25-33H,4-24H2,1-3H3,(H,44,45,46). The van der Waals surface area contributed by atoms with E-state index in [1.807, 2.05) is 25.1 Å². The summed E-state index contributed by atoms with van der Waals surface area (Å²) in [6, 6.07) is 18.3. The van der Waals surface area contributed by atoms with Gasteiger partial charge in [0.15, 0.2) is 0 Å². The Labute approximate surface area is 301 Å². The molecule has 0 aliphatic heterocycles. The minimum absolute atomic E-state index is 0.0273. The second-order valence-electron chi connectivity index (χ2n) is 13.6. The van der Waals surface area contributed by atoms with Crippen LogP contribution in [0.2, 0.25) is 0 Å². The molecule has 0 spiro atoms. The van der Waals surface area contributed by atoms with E-state index in [2.05, 4.69) is 66.8 Å². The molecule has 3 nitrogen and oxygen atoms in total. The smallest absolute Gasteiger partial charge is 0.282 e. The molecule has 0 radical (unpaired) electrons. The predicted octanol–water partition coefficient (Wildman–Crippen LogP) is 13.7. The van der Waals surface area contributed by atoms with Crippen LogP contribution in [0, 0.1) is 10.5 Å². The Morgan fingerprint density at radius 3 is 1.49 bits per heavy atom. The Hall–Kier alpha value is -1.70. The molecule has 1 N–H and O–H groups in total. The lowest BCUT2D eigenvalue weighted by atomic mass is 9.89. The van der Waals surface area contributed by atoms with Gasteiger partial charge < -0.3 is 0 Å². The second-order valence-corrected chi connectivity index (χ2v) is 16.2. The van der Waals surface area contributed by atoms with Crippen LogP contribution in [0.4, 0.5) is 0 Å². The van der Waals surface area contributed by atoms with Gasteiger partial charge in [-0.3, -0.25) is 4.55 Å². The minimum Gasteiger partial charge on any atom is -0.282 e. The van der Waals surface area contributed by atoms with Crippen molar-refractivity contribution in [2.75, 3.05) is 0 Å². The van der Waals surface area contributed by atoms with Crippen LogP contribution in [0.5, 0.6) is 0 Å². The quantitative estimate of drug-likeness (QED) is 0.0560. The largest absolute Gasteiger partial charge is 0.295 e. The maximum absolute atomic E-state index is 12.7. The number of benzene rings is 3. The summed E-state index contributed by atoms with van der Waals surface area (Å²) >= 11 is 2.36. The van der Waals surface area contributed by atoms with Gasteiger partial charge in [0.1, 0.15) is 4.90 Å². The Kier molecular flexibility index (Phi) is 18.7. The van der Waals surface area contributed by atoms with Gasteiger partial charge in [0.05, 0.1) is 0 Å². The highest BCUT2D eigenvalue weighted by Gasteiger charge is 2.23. The molecule has 0 unspecified atom stereocenters. The number of aryl methyl sites for hydroxylation is 3. The molecule has 0 fully saturated rings. The first kappa shape index (κ1) is 39.7. The molecule has 0 heterocycles. The molecule has 3 aromatic carbocycles. The first-order valence-electron chi connectivity index (χ1n) is 18.8. The lowest BCUT2D eigenvalue weighted by molar-refractivity contribution is 0.483. The summed E-state index contributed by atoms with van der Waals surface area (Å²) in [5.74, 6) is 0. The van der Waals surface area contributed by atoms with Gasteiger partial charge in [-0.1, -0.05) is 165 Å². The SMILES string of the molecule is CCCCCCCCCCCCCc1ccc(I)c(-c2c(C)ccc(S(=O)(=O)O)c2-c2ccc(CCCCCCCCCC)cc2)c1. The summed E-state index contributed by atoms with van der Waals surface area (Å²) in [6.07, 6.45) is 27.0. The molecular weight excluding hydrogens is 711 g/mol. The molecule has 5 heteroatoms. The Morgan fingerprint density at radius 1 is 0.553 bits per heavy atom. The van der Waals surface area contributed by atoms with Crippen LogP contribution in [0.3, 0.4) is 0 Å². The number of hydrogen-bond donors (Lipinski definition) is 1. The van der Waals surface area contributed by atoms with E-state index in [1.165, 1.54) is 127 Å². The third-order valence-corrected chi connectivity index (χ3v) is 11.4. The molecule has 260 valence electrons. The highest BCUT2D eigenvalue weighted by Crippen LogP contribution is 2.41. The van der Waals surface area contributed by atoms with E-state index in [0.29, 0.717) is 5.56 Å². The summed E-state index contributed by atoms with van der Waals surface area (Å²) in [6.45, 7) is 6.57. The van der Waals surface area contributed by atoms with Crippen molar-refractivity contribution in [3.05, 3.63) is 74.9 Å². The van der Waals surface area contributed by atoms with E-state index in [1.54, 1.807) is 6.07 Å². The molecule has 0 amide bonds. The van der Waals surface area contributed by atoms with Crippen LogP contribution >= 0.6 is 22.6 Å². The van der Waals surface area contributed by atoms with E-state index in [4.69, 9.17) is 0 Å². The zero-order chi connectivity index (χ0) is 33.9. The van der Waals surface area contributed by atoms with Crippen molar-refractivity contribution in [1.82, 2.24) is 0 Å². The van der Waals surface area contributed by atoms with Crippen LogP contribution < -0.4 is 0 Å². The molecule has 47 heavy (non-hydrogen) atoms. The highest BCUT2D eigenvalue weighted by atomic mass is 127. The maximum atomic E-state index is 12.7. The van der Waals surface area contributed by atoms with Gasteiger partial charge in [0.2, 0.25) is 0 Å². The van der Waals surface area contributed by atoms with Gasteiger partial charge in [-0.25, -0.2) is 0 Å². The third-order valence-electron chi connectivity index (χ3n) is 9.58. The Bertz CT molecular complexity index is 1430. The summed E-state index contributed by atoms with van der Waals surface area (Å²) in [5, 5.41) is 0. The molecule has 3 rings (SSSR count). The van der Waals surface area contributed by atoms with Gasteiger partial charge in [-0.15, -0.1) is 0 Å². The zero-order valence-electron chi connectivity index (χ0n) is 29.6. The van der Waals surface area contributed by atoms with Crippen molar-refractivity contribution < 1.29 is 13.0 Å². The molecule has 0 aliphatic rings. The molecule has 0 saturated carbocycles. The fraction of sp³-hybridized carbons (Fsp3) is 0.571. The van der Waals surface area contributed by atoms with Crippen LogP contribution in [0.1, 0.15) is 153 Å². The van der Waals surface area contributed by atoms with Crippen LogP contribution in [0.25, 0.3) is 22.3 Å². The van der Waals surface area contributed by atoms with E-state index in [9.17, 15) is 13.0 Å². The van der Waals surface area contributed by atoms with Crippen molar-refractivity contribution in [1.29, 1.82) is 0 Å². The first-order valence-corrected chi connectivity index (χ1v) is 21.3. The molecule has 0 saturated heterocycles. The fourth-order valence-electron chi connectivity index (χ4n) is 6.75. The van der Waals surface area contributed by atoms with E-state index < -0.39 is 10.1 Å². The topological polar surface area (TPSA) is 54.4 Å². The van der Waals surface area contributed by atoms with Crippen molar-refractivity contribution >= 4 is 32.7 Å². The monoisotopic (exact) mass is 772 g/mol. The van der Waals surface area contributed by atoms with E-state index in [-0.39, 0.29) is 4.90 Å². The minimum atomic E-state index is -4.43. The fourth-order valence-corrected chi connectivity index (χ4v) is 8.07. The molecule has 3 aromatic rings. The summed E-state index contributed by atoms with van der Waals surface area (Å²) < 4.78 is 36.8.